The third-order valence-corrected chi connectivity index (χ3v) is 10.1. The number of alkyl halides is 3. The molecule has 3 heterocycles. The molecule has 0 saturated carbocycles. The van der Waals surface area contributed by atoms with Crippen LogP contribution >= 0.6 is 11.3 Å². The maximum absolute atomic E-state index is 13.9. The number of rotatable bonds is 8. The van der Waals surface area contributed by atoms with Gasteiger partial charge in [-0.25, -0.2) is 4.98 Å². The lowest BCUT2D eigenvalue weighted by Gasteiger charge is -2.38. The number of piperidine rings is 1. The number of aromatic nitrogens is 1. The number of hydrogen-bond acceptors (Lipinski definition) is 7. The number of thiazole rings is 1. The van der Waals surface area contributed by atoms with Gasteiger partial charge in [-0.15, -0.1) is 11.3 Å². The molecular formula is C30H34F3N3O4S2. The van der Waals surface area contributed by atoms with Gasteiger partial charge in [-0.2, -0.15) is 13.2 Å². The van der Waals surface area contributed by atoms with Crippen LogP contribution in [0.2, 0.25) is 0 Å². The molecule has 0 spiro atoms. The molecule has 2 aromatic carbocycles. The largest absolute Gasteiger partial charge is 0.488 e. The third-order valence-electron chi connectivity index (χ3n) is 7.95. The first-order chi connectivity index (χ1) is 20.0. The molecule has 5 rings (SSSR count). The van der Waals surface area contributed by atoms with Crippen molar-refractivity contribution in [2.75, 3.05) is 36.0 Å². The summed E-state index contributed by atoms with van der Waals surface area (Å²) < 4.78 is 59.6. The molecule has 3 aromatic rings. The number of aliphatic carboxylic acids is 1. The molecule has 0 amide bonds. The maximum atomic E-state index is 13.9. The van der Waals surface area contributed by atoms with E-state index < -0.39 is 41.3 Å². The lowest BCUT2D eigenvalue weighted by molar-refractivity contribution is -0.161. The Balaban J connectivity index is 1.31. The van der Waals surface area contributed by atoms with E-state index in [0.717, 1.165) is 59.2 Å². The summed E-state index contributed by atoms with van der Waals surface area (Å²) in [5, 5.41) is 11.2. The van der Waals surface area contributed by atoms with E-state index in [1.807, 2.05) is 32.0 Å². The molecule has 1 N–H and O–H groups in total. The first-order valence-electron chi connectivity index (χ1n) is 13.9. The smallest absolute Gasteiger partial charge is 0.408 e. The number of hydrogen-bond donors (Lipinski definition) is 1. The van der Waals surface area contributed by atoms with Gasteiger partial charge in [0.15, 0.2) is 5.13 Å². The van der Waals surface area contributed by atoms with Crippen molar-refractivity contribution in [1.29, 1.82) is 0 Å². The fourth-order valence-corrected chi connectivity index (χ4v) is 7.51. The molecule has 2 aliphatic heterocycles. The van der Waals surface area contributed by atoms with Crippen LogP contribution in [0.5, 0.6) is 5.75 Å². The predicted molar refractivity (Wildman–Crippen MR) is 159 cm³/mol. The highest BCUT2D eigenvalue weighted by molar-refractivity contribution is 7.85. The first-order valence-corrected chi connectivity index (χ1v) is 16.3. The van der Waals surface area contributed by atoms with E-state index >= 15 is 0 Å². The average Bonchev–Trinajstić information content (AvgIpc) is 3.44. The number of anilines is 1. The van der Waals surface area contributed by atoms with E-state index in [9.17, 15) is 27.3 Å². The fraction of sp³-hybridized carbons (Fsp3) is 0.467. The highest BCUT2D eigenvalue weighted by Crippen LogP contribution is 2.41. The lowest BCUT2D eigenvalue weighted by atomic mass is 9.91. The van der Waals surface area contributed by atoms with Gasteiger partial charge in [0.05, 0.1) is 11.6 Å². The van der Waals surface area contributed by atoms with Gasteiger partial charge in [-0.05, 0) is 55.5 Å². The molecule has 2 atom stereocenters. The summed E-state index contributed by atoms with van der Waals surface area (Å²) in [6.07, 6.45) is -4.94. The topological polar surface area (TPSA) is 83.0 Å². The number of nitrogens with zero attached hydrogens (tertiary/aromatic N) is 3. The number of carboxylic acid groups (broad SMARTS) is 1. The summed E-state index contributed by atoms with van der Waals surface area (Å²) in [5.41, 5.74) is 5.49. The van der Waals surface area contributed by atoms with Gasteiger partial charge in [0, 0.05) is 59.4 Å². The second-order valence-electron chi connectivity index (χ2n) is 11.0. The van der Waals surface area contributed by atoms with Crippen molar-refractivity contribution in [1.82, 2.24) is 9.88 Å². The second kappa shape index (κ2) is 12.7. The van der Waals surface area contributed by atoms with Gasteiger partial charge >= 0.3 is 12.1 Å². The minimum Gasteiger partial charge on any atom is -0.488 e. The normalized spacial score (nSPS) is 20.5. The molecule has 7 nitrogen and oxygen atoms in total. The number of aryl methyl sites for hydroxylation is 2. The van der Waals surface area contributed by atoms with Crippen LogP contribution in [0.15, 0.2) is 41.8 Å². The fourth-order valence-electron chi connectivity index (χ4n) is 5.48. The zero-order chi connectivity index (χ0) is 30.0. The van der Waals surface area contributed by atoms with E-state index in [4.69, 9.17) is 4.74 Å². The van der Waals surface area contributed by atoms with Crippen LogP contribution in [0, 0.1) is 19.8 Å². The molecule has 2 aliphatic rings. The van der Waals surface area contributed by atoms with E-state index in [1.165, 1.54) is 10.5 Å². The highest BCUT2D eigenvalue weighted by Gasteiger charge is 2.49. The molecule has 0 bridgehead atoms. The summed E-state index contributed by atoms with van der Waals surface area (Å²) in [7, 11) is -0.703. The number of benzene rings is 2. The summed E-state index contributed by atoms with van der Waals surface area (Å²) >= 11 is 1.12. The predicted octanol–water partition coefficient (Wildman–Crippen LogP) is 5.80. The lowest BCUT2D eigenvalue weighted by Crippen LogP contribution is -2.52. The monoisotopic (exact) mass is 621 g/mol. The molecule has 12 heteroatoms. The molecule has 42 heavy (non-hydrogen) atoms. The molecule has 226 valence electrons. The number of carbonyl (C=O) groups is 1. The van der Waals surface area contributed by atoms with E-state index in [1.54, 1.807) is 5.38 Å². The van der Waals surface area contributed by atoms with Crippen LogP contribution in [0.4, 0.5) is 18.3 Å². The Hall–Kier alpha value is -2.96. The Kier molecular flexibility index (Phi) is 9.24. The van der Waals surface area contributed by atoms with Crippen LogP contribution in [0.1, 0.15) is 35.1 Å². The van der Waals surface area contributed by atoms with Crippen molar-refractivity contribution in [2.45, 2.75) is 52.1 Å². The average molecular weight is 622 g/mol. The third kappa shape index (κ3) is 7.15. The molecule has 1 aromatic heterocycles. The van der Waals surface area contributed by atoms with Gasteiger partial charge in [0.2, 0.25) is 0 Å². The van der Waals surface area contributed by atoms with Gasteiger partial charge < -0.3 is 14.7 Å². The summed E-state index contributed by atoms with van der Waals surface area (Å²) in [4.78, 5) is 19.5. The van der Waals surface area contributed by atoms with Crippen molar-refractivity contribution >= 4 is 33.2 Å². The second-order valence-corrected chi connectivity index (χ2v) is 13.5. The molecule has 0 radical (unpaired) electrons. The minimum atomic E-state index is -4.57. The molecule has 2 fully saturated rings. The van der Waals surface area contributed by atoms with Crippen LogP contribution in [-0.4, -0.2) is 68.5 Å². The standard InChI is InChI=1S/C30H34F3N3O4S2/c1-19-3-6-26(40-17-23-5-4-21(14-20(23)2)16-35-9-11-42(39)12-10-35)24(13-19)25-18-41-29(34-25)36-8-7-22(28(37)38)15-27(36)30(31,32)33/h3-6,13-14,18,22,27H,7-12,15-17H2,1-2H3,(H,37,38). The van der Waals surface area contributed by atoms with Crippen LogP contribution in [0.25, 0.3) is 11.3 Å². The number of carboxylic acids is 1. The van der Waals surface area contributed by atoms with Crippen LogP contribution in [0.3, 0.4) is 0 Å². The highest BCUT2D eigenvalue weighted by atomic mass is 32.2. The Morgan fingerprint density at radius 1 is 1.14 bits per heavy atom. The number of ether oxygens (including phenoxy) is 1. The molecule has 0 aliphatic carbocycles. The minimum absolute atomic E-state index is 0.0300. The van der Waals surface area contributed by atoms with Crippen molar-refractivity contribution in [2.24, 2.45) is 5.92 Å². The summed E-state index contributed by atoms with van der Waals surface area (Å²) in [5.74, 6) is -0.208. The van der Waals surface area contributed by atoms with Gasteiger partial charge in [-0.3, -0.25) is 13.9 Å². The zero-order valence-electron chi connectivity index (χ0n) is 23.5. The van der Waals surface area contributed by atoms with E-state index in [-0.39, 0.29) is 18.1 Å². The number of halogens is 3. The van der Waals surface area contributed by atoms with Crippen LogP contribution < -0.4 is 9.64 Å². The van der Waals surface area contributed by atoms with Gasteiger partial charge in [0.25, 0.3) is 0 Å². The van der Waals surface area contributed by atoms with Gasteiger partial charge in [0.1, 0.15) is 18.4 Å². The Labute approximate surface area is 249 Å². The quantitative estimate of drug-likeness (QED) is 0.340. The zero-order valence-corrected chi connectivity index (χ0v) is 25.2. The Bertz CT molecular complexity index is 1450. The van der Waals surface area contributed by atoms with Crippen molar-refractivity contribution in [3.8, 4) is 17.0 Å². The molecule has 2 saturated heterocycles. The Morgan fingerprint density at radius 3 is 2.60 bits per heavy atom. The molecule has 2 unspecified atom stereocenters. The van der Waals surface area contributed by atoms with Crippen molar-refractivity contribution < 1.29 is 32.0 Å². The van der Waals surface area contributed by atoms with E-state index in [0.29, 0.717) is 23.6 Å². The molecular weight excluding hydrogens is 587 g/mol. The Morgan fingerprint density at radius 2 is 1.90 bits per heavy atom. The summed E-state index contributed by atoms with van der Waals surface area (Å²) in [6.45, 7) is 6.75. The summed E-state index contributed by atoms with van der Waals surface area (Å²) in [6, 6.07) is 10.1. The van der Waals surface area contributed by atoms with E-state index in [2.05, 4.69) is 28.1 Å². The SMILES string of the molecule is Cc1ccc(OCc2ccc(CN3CCS(=O)CC3)cc2C)c(-c2csc(N3CCC(C(=O)O)CC3C(F)(F)F)n2)c1. The first kappa shape index (κ1) is 30.5. The maximum Gasteiger partial charge on any atom is 0.408 e. The van der Waals surface area contributed by atoms with Crippen LogP contribution in [-0.2, 0) is 28.7 Å². The van der Waals surface area contributed by atoms with Gasteiger partial charge in [-0.1, -0.05) is 29.8 Å². The van der Waals surface area contributed by atoms with Crippen molar-refractivity contribution in [3.63, 3.8) is 0 Å². The van der Waals surface area contributed by atoms with Crippen molar-refractivity contribution in [3.05, 3.63) is 64.0 Å².